The van der Waals surface area contributed by atoms with Crippen molar-refractivity contribution in [2.75, 3.05) is 32.8 Å². The number of likely N-dealkylation sites (tertiary alicyclic amines) is 1. The third-order valence-corrected chi connectivity index (χ3v) is 3.11. The third kappa shape index (κ3) is 2.42. The van der Waals surface area contributed by atoms with E-state index in [1.54, 1.807) is 0 Å². The van der Waals surface area contributed by atoms with Crippen LogP contribution >= 0.6 is 0 Å². The first-order chi connectivity index (χ1) is 6.38. The van der Waals surface area contributed by atoms with Crippen LogP contribution in [0.4, 0.5) is 0 Å². The van der Waals surface area contributed by atoms with Gasteiger partial charge in [0.25, 0.3) is 0 Å². The number of nitrogens with zero attached hydrogens (tertiary/aromatic N) is 1. The van der Waals surface area contributed by atoms with E-state index >= 15 is 0 Å². The molecule has 3 nitrogen and oxygen atoms in total. The van der Waals surface area contributed by atoms with Crippen LogP contribution in [0.1, 0.15) is 19.3 Å². The predicted molar refractivity (Wildman–Crippen MR) is 50.6 cm³/mol. The van der Waals surface area contributed by atoms with Crippen LogP contribution in [-0.2, 0) is 4.74 Å². The number of aliphatic hydroxyl groups excluding tert-OH is 1. The van der Waals surface area contributed by atoms with E-state index in [0.717, 1.165) is 32.7 Å². The molecule has 2 rings (SSSR count). The Morgan fingerprint density at radius 2 is 2.31 bits per heavy atom. The molecule has 2 saturated heterocycles. The van der Waals surface area contributed by atoms with Crippen LogP contribution in [0.25, 0.3) is 0 Å². The van der Waals surface area contributed by atoms with Crippen molar-refractivity contribution in [2.24, 2.45) is 5.92 Å². The molecule has 0 saturated carbocycles. The summed E-state index contributed by atoms with van der Waals surface area (Å²) in [5.74, 6) is 0.515. The zero-order valence-electron chi connectivity index (χ0n) is 8.11. The van der Waals surface area contributed by atoms with E-state index in [4.69, 9.17) is 9.84 Å². The van der Waals surface area contributed by atoms with Gasteiger partial charge in [0.05, 0.1) is 6.10 Å². The topological polar surface area (TPSA) is 32.7 Å². The second-order valence-electron chi connectivity index (χ2n) is 4.23. The highest BCUT2D eigenvalue weighted by atomic mass is 16.5. The Hall–Kier alpha value is -0.120. The van der Waals surface area contributed by atoms with Crippen molar-refractivity contribution in [3.8, 4) is 0 Å². The van der Waals surface area contributed by atoms with Gasteiger partial charge in [0.1, 0.15) is 0 Å². The number of hydrogen-bond donors (Lipinski definition) is 1. The zero-order chi connectivity index (χ0) is 9.10. The average molecular weight is 185 g/mol. The van der Waals surface area contributed by atoms with E-state index in [1.807, 2.05) is 0 Å². The molecular formula is C10H19NO2. The van der Waals surface area contributed by atoms with Crippen LogP contribution in [0, 0.1) is 5.92 Å². The lowest BCUT2D eigenvalue weighted by molar-refractivity contribution is 0.0784. The van der Waals surface area contributed by atoms with Crippen molar-refractivity contribution in [1.29, 1.82) is 0 Å². The Bertz CT molecular complexity index is 157. The van der Waals surface area contributed by atoms with Crippen LogP contribution in [0.15, 0.2) is 0 Å². The molecular weight excluding hydrogens is 166 g/mol. The van der Waals surface area contributed by atoms with Crippen LogP contribution in [-0.4, -0.2) is 49.0 Å². The summed E-state index contributed by atoms with van der Waals surface area (Å²) in [6.45, 7) is 4.59. The Balaban J connectivity index is 1.70. The lowest BCUT2D eigenvalue weighted by Gasteiger charge is -2.19. The van der Waals surface area contributed by atoms with Gasteiger partial charge in [0.2, 0.25) is 0 Å². The van der Waals surface area contributed by atoms with Crippen molar-refractivity contribution >= 4 is 0 Å². The number of ether oxygens (including phenoxy) is 1. The Morgan fingerprint density at radius 1 is 1.38 bits per heavy atom. The van der Waals surface area contributed by atoms with Crippen LogP contribution in [0.3, 0.4) is 0 Å². The molecule has 3 heteroatoms. The molecule has 0 spiro atoms. The van der Waals surface area contributed by atoms with Gasteiger partial charge in [-0.3, -0.25) is 0 Å². The van der Waals surface area contributed by atoms with Crippen LogP contribution in [0.2, 0.25) is 0 Å². The molecule has 0 aromatic rings. The second kappa shape index (κ2) is 4.40. The maximum Gasteiger partial charge on any atom is 0.0702 e. The molecule has 0 bridgehead atoms. The third-order valence-electron chi connectivity index (χ3n) is 3.11. The largest absolute Gasteiger partial charge is 0.396 e. The highest BCUT2D eigenvalue weighted by Crippen LogP contribution is 2.19. The van der Waals surface area contributed by atoms with Gasteiger partial charge in [0, 0.05) is 26.3 Å². The van der Waals surface area contributed by atoms with Gasteiger partial charge in [-0.05, 0) is 31.7 Å². The molecule has 0 aliphatic carbocycles. The fourth-order valence-electron chi connectivity index (χ4n) is 2.30. The molecule has 0 radical (unpaired) electrons. The molecule has 1 N–H and O–H groups in total. The second-order valence-corrected chi connectivity index (χ2v) is 4.23. The fourth-order valence-corrected chi connectivity index (χ4v) is 2.30. The average Bonchev–Trinajstić information content (AvgIpc) is 2.76. The molecule has 76 valence electrons. The molecule has 2 atom stereocenters. The van der Waals surface area contributed by atoms with Gasteiger partial charge >= 0.3 is 0 Å². The van der Waals surface area contributed by atoms with E-state index < -0.39 is 0 Å². The molecule has 2 aliphatic rings. The Labute approximate surface area is 79.7 Å². The smallest absolute Gasteiger partial charge is 0.0702 e. The zero-order valence-corrected chi connectivity index (χ0v) is 8.11. The van der Waals surface area contributed by atoms with Gasteiger partial charge in [0.15, 0.2) is 0 Å². The fraction of sp³-hybridized carbons (Fsp3) is 1.00. The summed E-state index contributed by atoms with van der Waals surface area (Å²) in [5.41, 5.74) is 0. The van der Waals surface area contributed by atoms with Gasteiger partial charge in [-0.15, -0.1) is 0 Å². The van der Waals surface area contributed by atoms with Crippen LogP contribution < -0.4 is 0 Å². The highest BCUT2D eigenvalue weighted by molar-refractivity contribution is 4.78. The van der Waals surface area contributed by atoms with Gasteiger partial charge in [-0.1, -0.05) is 0 Å². The molecule has 2 heterocycles. The van der Waals surface area contributed by atoms with Crippen molar-refractivity contribution in [3.05, 3.63) is 0 Å². The van der Waals surface area contributed by atoms with E-state index in [0.29, 0.717) is 18.6 Å². The summed E-state index contributed by atoms with van der Waals surface area (Å²) in [7, 11) is 0. The van der Waals surface area contributed by atoms with Crippen LogP contribution in [0.5, 0.6) is 0 Å². The monoisotopic (exact) mass is 185 g/mol. The summed E-state index contributed by atoms with van der Waals surface area (Å²) >= 11 is 0. The SMILES string of the molecule is OC[C@H]1CCN(C[C@H]2CCCO2)C1. The lowest BCUT2D eigenvalue weighted by atomic mass is 10.1. The summed E-state index contributed by atoms with van der Waals surface area (Å²) < 4.78 is 5.58. The maximum absolute atomic E-state index is 8.99. The van der Waals surface area contributed by atoms with E-state index in [2.05, 4.69) is 4.90 Å². The summed E-state index contributed by atoms with van der Waals surface area (Å²) in [4.78, 5) is 2.43. The van der Waals surface area contributed by atoms with E-state index in [1.165, 1.54) is 12.8 Å². The van der Waals surface area contributed by atoms with E-state index in [-0.39, 0.29) is 0 Å². The summed E-state index contributed by atoms with van der Waals surface area (Å²) in [6.07, 6.45) is 4.07. The van der Waals surface area contributed by atoms with Gasteiger partial charge in [-0.25, -0.2) is 0 Å². The van der Waals surface area contributed by atoms with Crippen molar-refractivity contribution in [2.45, 2.75) is 25.4 Å². The van der Waals surface area contributed by atoms with Gasteiger partial charge in [-0.2, -0.15) is 0 Å². The predicted octanol–water partition coefficient (Wildman–Crippen LogP) is 0.480. The first kappa shape index (κ1) is 9.44. The normalized spacial score (nSPS) is 35.8. The number of aliphatic hydroxyl groups is 1. The number of hydrogen-bond acceptors (Lipinski definition) is 3. The molecule has 0 amide bonds. The minimum absolute atomic E-state index is 0.349. The summed E-state index contributed by atoms with van der Waals surface area (Å²) in [6, 6.07) is 0. The molecule has 0 unspecified atom stereocenters. The first-order valence-electron chi connectivity index (χ1n) is 5.33. The minimum Gasteiger partial charge on any atom is -0.396 e. The Morgan fingerprint density at radius 3 is 2.92 bits per heavy atom. The molecule has 0 aromatic heterocycles. The minimum atomic E-state index is 0.349. The molecule has 2 fully saturated rings. The standard InChI is InChI=1S/C10H19NO2/c12-8-9-3-4-11(6-9)7-10-2-1-5-13-10/h9-10,12H,1-8H2/t9-,10+/m0/s1. The van der Waals surface area contributed by atoms with E-state index in [9.17, 15) is 0 Å². The molecule has 13 heavy (non-hydrogen) atoms. The quantitative estimate of drug-likeness (QED) is 0.694. The Kier molecular flexibility index (Phi) is 3.19. The van der Waals surface area contributed by atoms with Crippen molar-refractivity contribution in [3.63, 3.8) is 0 Å². The summed E-state index contributed by atoms with van der Waals surface area (Å²) in [5, 5.41) is 8.99. The molecule has 2 aliphatic heterocycles. The van der Waals surface area contributed by atoms with Crippen molar-refractivity contribution in [1.82, 2.24) is 4.90 Å². The molecule has 0 aromatic carbocycles. The maximum atomic E-state index is 8.99. The van der Waals surface area contributed by atoms with Gasteiger partial charge < -0.3 is 14.7 Å². The first-order valence-corrected chi connectivity index (χ1v) is 5.33. The van der Waals surface area contributed by atoms with Crippen molar-refractivity contribution < 1.29 is 9.84 Å². The number of rotatable bonds is 3. The highest BCUT2D eigenvalue weighted by Gasteiger charge is 2.25. The lowest BCUT2D eigenvalue weighted by Crippen LogP contribution is -2.30.